The van der Waals surface area contributed by atoms with Crippen LogP contribution in [0.4, 0.5) is 19.0 Å². The molecule has 35 heavy (non-hydrogen) atoms. The van der Waals surface area contributed by atoms with Crippen LogP contribution in [-0.2, 0) is 6.18 Å². The highest BCUT2D eigenvalue weighted by Crippen LogP contribution is 2.46. The van der Waals surface area contributed by atoms with E-state index in [2.05, 4.69) is 25.2 Å². The third-order valence-corrected chi connectivity index (χ3v) is 7.66. The molecule has 2 unspecified atom stereocenters. The number of rotatable bonds is 3. The van der Waals surface area contributed by atoms with Gasteiger partial charge in [0.2, 0.25) is 0 Å². The summed E-state index contributed by atoms with van der Waals surface area (Å²) < 4.78 is 40.2. The smallest absolute Gasteiger partial charge is 0.351 e. The summed E-state index contributed by atoms with van der Waals surface area (Å²) in [6.45, 7) is 2.80. The summed E-state index contributed by atoms with van der Waals surface area (Å²) in [7, 11) is 0. The van der Waals surface area contributed by atoms with E-state index in [1.807, 2.05) is 6.20 Å². The van der Waals surface area contributed by atoms with E-state index < -0.39 is 11.9 Å². The van der Waals surface area contributed by atoms with Gasteiger partial charge in [-0.15, -0.1) is 0 Å². The Hall–Kier alpha value is -3.27. The van der Waals surface area contributed by atoms with Crippen LogP contribution in [0.5, 0.6) is 0 Å². The van der Waals surface area contributed by atoms with E-state index in [0.29, 0.717) is 34.7 Å². The molecule has 2 aliphatic heterocycles. The summed E-state index contributed by atoms with van der Waals surface area (Å²) in [4.78, 5) is 23.3. The first-order valence-electron chi connectivity index (χ1n) is 12.2. The third-order valence-electron chi connectivity index (χ3n) is 7.66. The number of pyridine rings is 2. The first-order chi connectivity index (χ1) is 17.0. The van der Waals surface area contributed by atoms with Crippen molar-refractivity contribution in [3.8, 4) is 11.4 Å². The lowest BCUT2D eigenvalue weighted by atomic mass is 9.91. The van der Waals surface area contributed by atoms with Gasteiger partial charge >= 0.3 is 6.18 Å². The van der Waals surface area contributed by atoms with Crippen LogP contribution in [0.3, 0.4) is 0 Å². The van der Waals surface area contributed by atoms with E-state index in [4.69, 9.17) is 9.97 Å². The maximum absolute atomic E-state index is 13.4. The molecule has 1 aliphatic carbocycles. The summed E-state index contributed by atoms with van der Waals surface area (Å²) in [5.41, 5.74) is 1.78. The maximum Gasteiger partial charge on any atom is 0.431 e. The van der Waals surface area contributed by atoms with Gasteiger partial charge in [-0.2, -0.15) is 13.2 Å². The minimum Gasteiger partial charge on any atom is -0.351 e. The van der Waals surface area contributed by atoms with E-state index in [0.717, 1.165) is 61.7 Å². The Morgan fingerprint density at radius 2 is 1.94 bits per heavy atom. The van der Waals surface area contributed by atoms with E-state index >= 15 is 0 Å². The van der Waals surface area contributed by atoms with Crippen molar-refractivity contribution in [2.75, 3.05) is 24.5 Å². The average Bonchev–Trinajstić information content (AvgIpc) is 3.40. The topological polar surface area (TPSA) is 82.6 Å². The molecule has 0 aromatic carbocycles. The molecule has 3 aliphatic rings. The number of halogens is 3. The molecule has 4 aromatic rings. The zero-order valence-corrected chi connectivity index (χ0v) is 18.9. The molecule has 0 spiro atoms. The van der Waals surface area contributed by atoms with Crippen molar-refractivity contribution in [3.05, 3.63) is 42.0 Å². The number of fused-ring (bicyclic) bond motifs is 3. The standard InChI is InChI=1S/C25H24F3N7/c26-25(27,28)20-8-16-15(5-6-31-22(16)33-20)23-32-18-11-30-10-17(13-3-4-13)21(18)24(34-23)35-7-1-2-14-9-29-12-19(14)35/h5-6,8,10-11,13-14,19,29H,1-4,7,9,12H2,(H,31,33). The van der Waals surface area contributed by atoms with E-state index in [1.165, 1.54) is 18.2 Å². The minimum absolute atomic E-state index is 0.169. The molecule has 2 atom stereocenters. The van der Waals surface area contributed by atoms with Gasteiger partial charge in [0.25, 0.3) is 0 Å². The van der Waals surface area contributed by atoms with Crippen LogP contribution >= 0.6 is 0 Å². The van der Waals surface area contributed by atoms with Crippen LogP contribution < -0.4 is 10.2 Å². The lowest BCUT2D eigenvalue weighted by molar-refractivity contribution is -0.140. The van der Waals surface area contributed by atoms with E-state index in [9.17, 15) is 13.2 Å². The Morgan fingerprint density at radius 3 is 2.77 bits per heavy atom. The van der Waals surface area contributed by atoms with Gasteiger partial charge in [0.15, 0.2) is 5.82 Å². The lowest BCUT2D eigenvalue weighted by Crippen LogP contribution is -2.45. The van der Waals surface area contributed by atoms with Crippen LogP contribution in [0.1, 0.15) is 42.9 Å². The summed E-state index contributed by atoms with van der Waals surface area (Å²) in [5, 5.41) is 4.93. The first kappa shape index (κ1) is 21.0. The molecule has 7 nitrogen and oxygen atoms in total. The van der Waals surface area contributed by atoms with E-state index in [1.54, 1.807) is 12.3 Å². The maximum atomic E-state index is 13.4. The van der Waals surface area contributed by atoms with Crippen molar-refractivity contribution in [2.45, 2.75) is 43.8 Å². The molecule has 2 N–H and O–H groups in total. The molecule has 4 aromatic heterocycles. The predicted molar refractivity (Wildman–Crippen MR) is 126 cm³/mol. The molecule has 0 bridgehead atoms. The molecule has 6 heterocycles. The van der Waals surface area contributed by atoms with Crippen LogP contribution in [0.25, 0.3) is 33.3 Å². The molecule has 7 rings (SSSR count). The number of nitrogens with zero attached hydrogens (tertiary/aromatic N) is 5. The third kappa shape index (κ3) is 3.45. The van der Waals surface area contributed by atoms with Crippen molar-refractivity contribution in [1.29, 1.82) is 0 Å². The Balaban J connectivity index is 1.46. The monoisotopic (exact) mass is 479 g/mol. The Labute approximate surface area is 199 Å². The van der Waals surface area contributed by atoms with Crippen molar-refractivity contribution >= 4 is 27.8 Å². The second kappa shape index (κ2) is 7.61. The zero-order valence-electron chi connectivity index (χ0n) is 18.9. The van der Waals surface area contributed by atoms with Gasteiger partial charge in [0.05, 0.1) is 11.7 Å². The number of piperidine rings is 1. The number of nitrogens with one attached hydrogen (secondary N) is 2. The lowest BCUT2D eigenvalue weighted by Gasteiger charge is -2.38. The van der Waals surface area contributed by atoms with Gasteiger partial charge < -0.3 is 15.2 Å². The Bertz CT molecular complexity index is 1440. The van der Waals surface area contributed by atoms with Crippen molar-refractivity contribution in [2.24, 2.45) is 5.92 Å². The molecule has 180 valence electrons. The van der Waals surface area contributed by atoms with Crippen LogP contribution in [0.2, 0.25) is 0 Å². The summed E-state index contributed by atoms with van der Waals surface area (Å²) >= 11 is 0. The highest BCUT2D eigenvalue weighted by atomic mass is 19.4. The van der Waals surface area contributed by atoms with Gasteiger partial charge in [-0.25, -0.2) is 15.0 Å². The molecule has 0 amide bonds. The molecular weight excluding hydrogens is 455 g/mol. The fourth-order valence-corrected chi connectivity index (χ4v) is 5.83. The van der Waals surface area contributed by atoms with Gasteiger partial charge in [0.1, 0.15) is 17.2 Å². The molecule has 1 saturated carbocycles. The average molecular weight is 480 g/mol. The van der Waals surface area contributed by atoms with Crippen molar-refractivity contribution in [1.82, 2.24) is 30.2 Å². The molecule has 10 heteroatoms. The van der Waals surface area contributed by atoms with Gasteiger partial charge in [-0.05, 0) is 55.2 Å². The SMILES string of the molecule is FC(F)(F)c1cc2c(-c3nc(N4CCCC5CNCC54)c4c(C5CC5)cncc4n3)ccnc2[nH]1. The molecule has 0 radical (unpaired) electrons. The molecule has 3 fully saturated rings. The number of aromatic nitrogens is 5. The minimum atomic E-state index is -4.49. The number of hydrogen-bond acceptors (Lipinski definition) is 6. The molecule has 2 saturated heterocycles. The molecular formula is C25H24F3N7. The van der Waals surface area contributed by atoms with Crippen LogP contribution in [0.15, 0.2) is 30.7 Å². The Kier molecular flexibility index (Phi) is 4.58. The second-order valence-corrected chi connectivity index (χ2v) is 9.89. The highest BCUT2D eigenvalue weighted by Gasteiger charge is 2.38. The number of alkyl halides is 3. The fourth-order valence-electron chi connectivity index (χ4n) is 5.83. The second-order valence-electron chi connectivity index (χ2n) is 9.89. The zero-order chi connectivity index (χ0) is 23.7. The highest BCUT2D eigenvalue weighted by molar-refractivity contribution is 5.97. The predicted octanol–water partition coefficient (Wildman–Crippen LogP) is 4.65. The van der Waals surface area contributed by atoms with Gasteiger partial charge in [0, 0.05) is 54.4 Å². The number of aromatic amines is 1. The van der Waals surface area contributed by atoms with Crippen LogP contribution in [-0.4, -0.2) is 50.6 Å². The number of anilines is 1. The summed E-state index contributed by atoms with van der Waals surface area (Å²) in [6, 6.07) is 3.13. The van der Waals surface area contributed by atoms with Crippen LogP contribution in [0, 0.1) is 5.92 Å². The normalized spacial score (nSPS) is 22.8. The number of H-pyrrole nitrogens is 1. The quantitative estimate of drug-likeness (QED) is 0.445. The van der Waals surface area contributed by atoms with Crippen molar-refractivity contribution in [3.63, 3.8) is 0 Å². The largest absolute Gasteiger partial charge is 0.431 e. The van der Waals surface area contributed by atoms with Gasteiger partial charge in [-0.3, -0.25) is 4.98 Å². The van der Waals surface area contributed by atoms with Gasteiger partial charge in [-0.1, -0.05) is 0 Å². The number of hydrogen-bond donors (Lipinski definition) is 2. The summed E-state index contributed by atoms with van der Waals surface area (Å²) in [5.74, 6) is 2.31. The fraction of sp³-hybridized carbons (Fsp3) is 0.440. The Morgan fingerprint density at radius 1 is 1.06 bits per heavy atom. The first-order valence-corrected chi connectivity index (χ1v) is 12.2. The van der Waals surface area contributed by atoms with Crippen molar-refractivity contribution < 1.29 is 13.2 Å². The summed E-state index contributed by atoms with van der Waals surface area (Å²) in [6.07, 6.45) is 5.23. The van der Waals surface area contributed by atoms with E-state index in [-0.39, 0.29) is 5.65 Å².